The summed E-state index contributed by atoms with van der Waals surface area (Å²) in [6.45, 7) is 6.85. The first-order valence-corrected chi connectivity index (χ1v) is 8.77. The molecule has 0 aromatic heterocycles. The lowest BCUT2D eigenvalue weighted by molar-refractivity contribution is -0.139. The van der Waals surface area contributed by atoms with E-state index in [1.807, 2.05) is 51.1 Å². The van der Waals surface area contributed by atoms with Crippen LogP contribution in [-0.2, 0) is 9.59 Å². The maximum absolute atomic E-state index is 12.8. The van der Waals surface area contributed by atoms with E-state index in [0.29, 0.717) is 11.4 Å². The summed E-state index contributed by atoms with van der Waals surface area (Å²) in [5, 5.41) is 0. The Kier molecular flexibility index (Phi) is 4.99. The monoisotopic (exact) mass is 366 g/mol. The van der Waals surface area contributed by atoms with E-state index >= 15 is 0 Å². The van der Waals surface area contributed by atoms with Crippen molar-refractivity contribution >= 4 is 23.6 Å². The van der Waals surface area contributed by atoms with Gasteiger partial charge in [-0.2, -0.15) is 0 Å². The van der Waals surface area contributed by atoms with Crippen LogP contribution in [0, 0.1) is 20.8 Å². The second-order valence-electron chi connectivity index (χ2n) is 6.78. The third kappa shape index (κ3) is 3.56. The fraction of sp³-hybridized carbons (Fsp3) is 0.286. The lowest BCUT2D eigenvalue weighted by Gasteiger charge is -2.19. The molecule has 0 bridgehead atoms. The number of carbonyl (C=O) groups is 3. The Morgan fingerprint density at radius 1 is 1.00 bits per heavy atom. The molecule has 1 aliphatic heterocycles. The van der Waals surface area contributed by atoms with Crippen LogP contribution in [0.3, 0.4) is 0 Å². The predicted molar refractivity (Wildman–Crippen MR) is 102 cm³/mol. The van der Waals surface area contributed by atoms with Gasteiger partial charge in [0, 0.05) is 5.69 Å². The van der Waals surface area contributed by atoms with Gasteiger partial charge in [0.05, 0.1) is 0 Å². The van der Waals surface area contributed by atoms with Crippen molar-refractivity contribution in [2.75, 3.05) is 11.4 Å². The van der Waals surface area contributed by atoms with E-state index in [2.05, 4.69) is 0 Å². The van der Waals surface area contributed by atoms with Gasteiger partial charge in [-0.05, 0) is 51.0 Å². The third-order valence-corrected chi connectivity index (χ3v) is 4.67. The smallest absolute Gasteiger partial charge is 0.332 e. The van der Waals surface area contributed by atoms with Gasteiger partial charge < -0.3 is 4.74 Å². The molecule has 140 valence electrons. The van der Waals surface area contributed by atoms with E-state index in [1.165, 1.54) is 4.90 Å². The molecule has 3 rings (SSSR count). The molecule has 0 spiro atoms. The van der Waals surface area contributed by atoms with E-state index in [1.54, 1.807) is 19.1 Å². The average molecular weight is 366 g/mol. The highest BCUT2D eigenvalue weighted by atomic mass is 16.5. The lowest BCUT2D eigenvalue weighted by atomic mass is 10.1. The minimum absolute atomic E-state index is 0.418. The van der Waals surface area contributed by atoms with Crippen LogP contribution in [0.25, 0.3) is 0 Å². The Hall–Kier alpha value is -3.15. The molecule has 0 N–H and O–H groups in total. The highest BCUT2D eigenvalue weighted by Crippen LogP contribution is 2.27. The van der Waals surface area contributed by atoms with Gasteiger partial charge in [-0.15, -0.1) is 0 Å². The summed E-state index contributed by atoms with van der Waals surface area (Å²) in [5.41, 5.74) is 3.31. The van der Waals surface area contributed by atoms with Gasteiger partial charge in [0.25, 0.3) is 5.91 Å². The van der Waals surface area contributed by atoms with Gasteiger partial charge in [0.1, 0.15) is 18.3 Å². The van der Waals surface area contributed by atoms with Gasteiger partial charge in [-0.1, -0.05) is 35.9 Å². The average Bonchev–Trinajstić information content (AvgIpc) is 2.83. The highest BCUT2D eigenvalue weighted by molar-refractivity contribution is 6.15. The topological polar surface area (TPSA) is 66.9 Å². The van der Waals surface area contributed by atoms with Gasteiger partial charge in [-0.25, -0.2) is 9.59 Å². The number of urea groups is 1. The number of amides is 3. The number of imide groups is 1. The SMILES string of the molecule is Cc1ccc(N2C(=O)N(CC(=O)Oc3c(C)cccc3C)C(=O)[C@H]2C)cc1. The molecule has 0 unspecified atom stereocenters. The van der Waals surface area contributed by atoms with Crippen molar-refractivity contribution < 1.29 is 19.1 Å². The number of esters is 1. The molecule has 1 fully saturated rings. The molecule has 6 nitrogen and oxygen atoms in total. The van der Waals surface area contributed by atoms with Crippen LogP contribution < -0.4 is 9.64 Å². The van der Waals surface area contributed by atoms with Crippen molar-refractivity contribution in [3.63, 3.8) is 0 Å². The third-order valence-electron chi connectivity index (χ3n) is 4.67. The van der Waals surface area contributed by atoms with Crippen LogP contribution in [0.2, 0.25) is 0 Å². The number of nitrogens with zero attached hydrogens (tertiary/aromatic N) is 2. The number of aryl methyl sites for hydroxylation is 3. The molecular formula is C21H22N2O4. The van der Waals surface area contributed by atoms with E-state index in [0.717, 1.165) is 21.6 Å². The summed E-state index contributed by atoms with van der Waals surface area (Å²) in [5.74, 6) is -0.601. The van der Waals surface area contributed by atoms with Crippen molar-refractivity contribution in [2.24, 2.45) is 0 Å². The Labute approximate surface area is 158 Å². The van der Waals surface area contributed by atoms with E-state index in [9.17, 15) is 14.4 Å². The number of hydrogen-bond acceptors (Lipinski definition) is 4. The molecule has 0 saturated carbocycles. The zero-order valence-electron chi connectivity index (χ0n) is 15.9. The molecule has 1 atom stereocenters. The fourth-order valence-electron chi connectivity index (χ4n) is 3.15. The second-order valence-corrected chi connectivity index (χ2v) is 6.78. The number of rotatable bonds is 4. The molecule has 3 amide bonds. The fourth-order valence-corrected chi connectivity index (χ4v) is 3.15. The Morgan fingerprint density at radius 2 is 1.59 bits per heavy atom. The van der Waals surface area contributed by atoms with Crippen LogP contribution in [-0.4, -0.2) is 35.4 Å². The quantitative estimate of drug-likeness (QED) is 0.473. The van der Waals surface area contributed by atoms with E-state index in [4.69, 9.17) is 4.74 Å². The number of benzene rings is 2. The van der Waals surface area contributed by atoms with Crippen LogP contribution in [0.5, 0.6) is 5.75 Å². The van der Waals surface area contributed by atoms with Crippen molar-refractivity contribution in [3.05, 3.63) is 59.2 Å². The van der Waals surface area contributed by atoms with Gasteiger partial charge in [0.2, 0.25) is 0 Å². The van der Waals surface area contributed by atoms with Crippen molar-refractivity contribution in [3.8, 4) is 5.75 Å². The summed E-state index contributed by atoms with van der Waals surface area (Å²) in [7, 11) is 0. The largest absolute Gasteiger partial charge is 0.425 e. The van der Waals surface area contributed by atoms with Gasteiger partial charge in [0.15, 0.2) is 0 Å². The number of para-hydroxylation sites is 1. The summed E-state index contributed by atoms with van der Waals surface area (Å²) in [6.07, 6.45) is 0. The molecule has 6 heteroatoms. The zero-order valence-corrected chi connectivity index (χ0v) is 15.9. The Bertz CT molecular complexity index is 885. The first-order chi connectivity index (χ1) is 12.8. The van der Waals surface area contributed by atoms with Crippen LogP contribution >= 0.6 is 0 Å². The van der Waals surface area contributed by atoms with Crippen LogP contribution in [0.1, 0.15) is 23.6 Å². The Balaban J connectivity index is 1.77. The number of ether oxygens (including phenoxy) is 1. The first-order valence-electron chi connectivity index (χ1n) is 8.77. The molecule has 1 heterocycles. The Morgan fingerprint density at radius 3 is 2.19 bits per heavy atom. The first kappa shape index (κ1) is 18.6. The zero-order chi connectivity index (χ0) is 19.7. The predicted octanol–water partition coefficient (Wildman–Crippen LogP) is 3.37. The van der Waals surface area contributed by atoms with Crippen molar-refractivity contribution in [2.45, 2.75) is 33.7 Å². The second kappa shape index (κ2) is 7.23. The van der Waals surface area contributed by atoms with E-state index in [-0.39, 0.29) is 0 Å². The molecule has 1 saturated heterocycles. The normalized spacial score (nSPS) is 16.8. The molecule has 1 aliphatic rings. The molecule has 2 aromatic rings. The maximum Gasteiger partial charge on any atom is 0.332 e. The summed E-state index contributed by atoms with van der Waals surface area (Å²) in [4.78, 5) is 40.0. The highest BCUT2D eigenvalue weighted by Gasteiger charge is 2.44. The number of hydrogen-bond donors (Lipinski definition) is 0. The number of carbonyl (C=O) groups excluding carboxylic acids is 3. The molecule has 27 heavy (non-hydrogen) atoms. The summed E-state index contributed by atoms with van der Waals surface area (Å²) in [6, 6.07) is 11.7. The summed E-state index contributed by atoms with van der Waals surface area (Å²) >= 11 is 0. The minimum Gasteiger partial charge on any atom is -0.425 e. The van der Waals surface area contributed by atoms with Crippen LogP contribution in [0.15, 0.2) is 42.5 Å². The van der Waals surface area contributed by atoms with Gasteiger partial charge >= 0.3 is 12.0 Å². The number of anilines is 1. The van der Waals surface area contributed by atoms with E-state index < -0.39 is 30.5 Å². The lowest BCUT2D eigenvalue weighted by Crippen LogP contribution is -2.38. The maximum atomic E-state index is 12.8. The minimum atomic E-state index is -0.673. The molecule has 0 aliphatic carbocycles. The van der Waals surface area contributed by atoms with Crippen molar-refractivity contribution in [1.29, 1.82) is 0 Å². The van der Waals surface area contributed by atoms with Crippen molar-refractivity contribution in [1.82, 2.24) is 4.90 Å². The molecular weight excluding hydrogens is 344 g/mol. The molecule has 2 aromatic carbocycles. The van der Waals surface area contributed by atoms with Crippen LogP contribution in [0.4, 0.5) is 10.5 Å². The molecule has 0 radical (unpaired) electrons. The van der Waals surface area contributed by atoms with Gasteiger partial charge in [-0.3, -0.25) is 14.6 Å². The summed E-state index contributed by atoms with van der Waals surface area (Å²) < 4.78 is 5.42. The standard InChI is InChI=1S/C21H22N2O4/c1-13-8-10-17(11-9-13)23-16(4)20(25)22(21(23)26)12-18(24)27-19-14(2)6-5-7-15(19)3/h5-11,16H,12H2,1-4H3/t16-/m1/s1.